The summed E-state index contributed by atoms with van der Waals surface area (Å²) >= 11 is 1.31. The lowest BCUT2D eigenvalue weighted by Crippen LogP contribution is -2.36. The Balaban J connectivity index is 1.47. The summed E-state index contributed by atoms with van der Waals surface area (Å²) in [6.45, 7) is 1.30. The third-order valence-electron chi connectivity index (χ3n) is 4.51. The van der Waals surface area contributed by atoms with Gasteiger partial charge in [0.25, 0.3) is 0 Å². The van der Waals surface area contributed by atoms with Crippen molar-refractivity contribution in [3.05, 3.63) is 5.01 Å². The van der Waals surface area contributed by atoms with Crippen LogP contribution in [-0.2, 0) is 20.9 Å². The Morgan fingerprint density at radius 3 is 2.96 bits per heavy atom. The molecule has 1 aromatic heterocycles. The first-order valence-corrected chi connectivity index (χ1v) is 8.96. The molecule has 2 heterocycles. The number of nitrogens with one attached hydrogen (secondary N) is 1. The number of methoxy groups -OCH3 is 1. The van der Waals surface area contributed by atoms with Gasteiger partial charge in [-0.05, 0) is 25.2 Å². The number of hydrogen-bond donors (Lipinski definition) is 2. The Morgan fingerprint density at radius 1 is 1.46 bits per heavy atom. The van der Waals surface area contributed by atoms with Gasteiger partial charge >= 0.3 is 0 Å². The predicted molar refractivity (Wildman–Crippen MR) is 87.4 cm³/mol. The number of amides is 2. The summed E-state index contributed by atoms with van der Waals surface area (Å²) in [6, 6.07) is 0. The average Bonchev–Trinajstić information content (AvgIpc) is 3.12. The van der Waals surface area contributed by atoms with Gasteiger partial charge in [-0.2, -0.15) is 0 Å². The molecule has 0 spiro atoms. The van der Waals surface area contributed by atoms with E-state index in [1.807, 2.05) is 0 Å². The summed E-state index contributed by atoms with van der Waals surface area (Å²) in [4.78, 5) is 25.9. The van der Waals surface area contributed by atoms with Gasteiger partial charge in [0.2, 0.25) is 16.9 Å². The molecule has 0 aromatic carbocycles. The van der Waals surface area contributed by atoms with Gasteiger partial charge in [0, 0.05) is 26.6 Å². The van der Waals surface area contributed by atoms with Gasteiger partial charge in [0.1, 0.15) is 11.6 Å². The molecule has 0 bridgehead atoms. The van der Waals surface area contributed by atoms with Gasteiger partial charge in [-0.1, -0.05) is 11.3 Å². The maximum Gasteiger partial charge on any atom is 0.229 e. The fourth-order valence-electron chi connectivity index (χ4n) is 3.08. The van der Waals surface area contributed by atoms with Crippen LogP contribution in [-0.4, -0.2) is 53.4 Å². The molecule has 24 heavy (non-hydrogen) atoms. The van der Waals surface area contributed by atoms with Gasteiger partial charge in [0.15, 0.2) is 0 Å². The van der Waals surface area contributed by atoms with Gasteiger partial charge in [-0.25, -0.2) is 0 Å². The second kappa shape index (κ2) is 7.54. The van der Waals surface area contributed by atoms with Crippen LogP contribution >= 0.6 is 11.3 Å². The van der Waals surface area contributed by atoms with Crippen LogP contribution in [0.5, 0.6) is 0 Å². The molecule has 1 atom stereocenters. The largest absolute Gasteiger partial charge is 0.393 e. The van der Waals surface area contributed by atoms with E-state index in [1.54, 1.807) is 7.11 Å². The van der Waals surface area contributed by atoms with Gasteiger partial charge < -0.3 is 15.2 Å². The Hall–Kier alpha value is -1.58. The summed E-state index contributed by atoms with van der Waals surface area (Å²) in [7, 11) is 1.58. The van der Waals surface area contributed by atoms with Crippen molar-refractivity contribution in [1.82, 2.24) is 15.5 Å². The lowest BCUT2D eigenvalue weighted by molar-refractivity contribution is -0.126. The molecule has 1 aliphatic heterocycles. The topological polar surface area (TPSA) is 105 Å². The summed E-state index contributed by atoms with van der Waals surface area (Å²) in [5, 5.41) is 21.4. The second-order valence-corrected chi connectivity index (χ2v) is 7.43. The molecular weight excluding hydrogens is 332 g/mol. The standard InChI is InChI=1S/C15H22N4O4S/c1-23-8-12-17-18-15(24-12)19-7-10(6-13(19)21)14(22)16-3-2-9-4-11(20)5-9/h9-11,20H,2-8H2,1H3,(H,16,22). The quantitative estimate of drug-likeness (QED) is 0.730. The third-order valence-corrected chi connectivity index (χ3v) is 5.43. The van der Waals surface area contributed by atoms with Crippen molar-refractivity contribution >= 4 is 28.3 Å². The van der Waals surface area contributed by atoms with Crippen molar-refractivity contribution in [2.24, 2.45) is 11.8 Å². The van der Waals surface area contributed by atoms with Crippen LogP contribution < -0.4 is 10.2 Å². The molecule has 132 valence electrons. The number of aromatic nitrogens is 2. The van der Waals surface area contributed by atoms with Crippen LogP contribution in [0.3, 0.4) is 0 Å². The molecular formula is C15H22N4O4S. The lowest BCUT2D eigenvalue weighted by Gasteiger charge is -2.31. The van der Waals surface area contributed by atoms with Crippen LogP contribution in [0.1, 0.15) is 30.7 Å². The molecule has 2 amide bonds. The van der Waals surface area contributed by atoms with Crippen molar-refractivity contribution in [2.75, 3.05) is 25.1 Å². The van der Waals surface area contributed by atoms with E-state index in [-0.39, 0.29) is 30.3 Å². The smallest absolute Gasteiger partial charge is 0.229 e. The Labute approximate surface area is 144 Å². The first-order valence-electron chi connectivity index (χ1n) is 8.14. The first kappa shape index (κ1) is 17.2. The number of carbonyl (C=O) groups excluding carboxylic acids is 2. The fourth-order valence-corrected chi connectivity index (χ4v) is 3.92. The van der Waals surface area contributed by atoms with Crippen LogP contribution in [0.4, 0.5) is 5.13 Å². The van der Waals surface area contributed by atoms with Crippen molar-refractivity contribution in [1.29, 1.82) is 0 Å². The summed E-state index contributed by atoms with van der Waals surface area (Å²) in [5.74, 6) is -0.0356. The number of nitrogens with zero attached hydrogens (tertiary/aromatic N) is 3. The van der Waals surface area contributed by atoms with Crippen LogP contribution in [0, 0.1) is 11.8 Å². The number of aliphatic hydroxyl groups is 1. The summed E-state index contributed by atoms with van der Waals surface area (Å²) in [5.41, 5.74) is 0. The predicted octanol–water partition coefficient (Wildman–Crippen LogP) is 0.315. The molecule has 2 N–H and O–H groups in total. The zero-order valence-corrected chi connectivity index (χ0v) is 14.4. The lowest BCUT2D eigenvalue weighted by atomic mass is 9.80. The molecule has 1 saturated carbocycles. The van der Waals surface area contributed by atoms with E-state index in [0.717, 1.165) is 19.3 Å². The number of aliphatic hydroxyl groups excluding tert-OH is 1. The number of rotatable bonds is 7. The fraction of sp³-hybridized carbons (Fsp3) is 0.733. The number of carbonyl (C=O) groups is 2. The highest BCUT2D eigenvalue weighted by Gasteiger charge is 2.37. The van der Waals surface area contributed by atoms with Crippen molar-refractivity contribution in [3.8, 4) is 0 Å². The van der Waals surface area contributed by atoms with Crippen molar-refractivity contribution in [2.45, 2.75) is 38.4 Å². The maximum atomic E-state index is 12.2. The number of anilines is 1. The zero-order chi connectivity index (χ0) is 17.1. The van der Waals surface area contributed by atoms with Gasteiger partial charge in [0.05, 0.1) is 12.0 Å². The molecule has 1 saturated heterocycles. The van der Waals surface area contributed by atoms with E-state index in [9.17, 15) is 14.7 Å². The van der Waals surface area contributed by atoms with Crippen LogP contribution in [0.15, 0.2) is 0 Å². The maximum absolute atomic E-state index is 12.2. The van der Waals surface area contributed by atoms with Crippen molar-refractivity contribution < 1.29 is 19.4 Å². The Morgan fingerprint density at radius 2 is 2.25 bits per heavy atom. The van der Waals surface area contributed by atoms with E-state index >= 15 is 0 Å². The minimum atomic E-state index is -0.348. The van der Waals surface area contributed by atoms with E-state index in [4.69, 9.17) is 4.74 Å². The SMILES string of the molecule is COCc1nnc(N2CC(C(=O)NCCC3CC(O)C3)CC2=O)s1. The van der Waals surface area contributed by atoms with E-state index in [1.165, 1.54) is 16.2 Å². The molecule has 0 radical (unpaired) electrons. The number of hydrogen-bond acceptors (Lipinski definition) is 7. The van der Waals surface area contributed by atoms with Crippen LogP contribution in [0.2, 0.25) is 0 Å². The summed E-state index contributed by atoms with van der Waals surface area (Å²) in [6.07, 6.45) is 2.57. The van der Waals surface area contributed by atoms with Gasteiger partial charge in [-0.3, -0.25) is 14.5 Å². The molecule has 3 rings (SSSR count). The molecule has 1 aromatic rings. The highest BCUT2D eigenvalue weighted by atomic mass is 32.1. The molecule has 2 aliphatic rings. The summed E-state index contributed by atoms with van der Waals surface area (Å²) < 4.78 is 5.00. The normalized spacial score (nSPS) is 26.5. The van der Waals surface area contributed by atoms with Gasteiger partial charge in [-0.15, -0.1) is 10.2 Å². The van der Waals surface area contributed by atoms with Crippen molar-refractivity contribution in [3.63, 3.8) is 0 Å². The van der Waals surface area contributed by atoms with Crippen LogP contribution in [0.25, 0.3) is 0 Å². The zero-order valence-electron chi connectivity index (χ0n) is 13.6. The minimum absolute atomic E-state index is 0.0904. The highest BCUT2D eigenvalue weighted by Crippen LogP contribution is 2.30. The molecule has 1 aliphatic carbocycles. The van der Waals surface area contributed by atoms with E-state index in [0.29, 0.717) is 35.8 Å². The monoisotopic (exact) mass is 354 g/mol. The molecule has 2 fully saturated rings. The Kier molecular flexibility index (Phi) is 5.42. The third kappa shape index (κ3) is 3.90. The van der Waals surface area contributed by atoms with E-state index in [2.05, 4.69) is 15.5 Å². The van der Waals surface area contributed by atoms with E-state index < -0.39 is 0 Å². The average molecular weight is 354 g/mol. The molecule has 9 heteroatoms. The minimum Gasteiger partial charge on any atom is -0.393 e. The molecule has 1 unspecified atom stereocenters. The molecule has 8 nitrogen and oxygen atoms in total. The highest BCUT2D eigenvalue weighted by molar-refractivity contribution is 7.15. The second-order valence-electron chi connectivity index (χ2n) is 6.39. The number of ether oxygens (including phenoxy) is 1. The first-order chi connectivity index (χ1) is 11.6. The Bertz CT molecular complexity index is 602.